The highest BCUT2D eigenvalue weighted by atomic mass is 35.5. The van der Waals surface area contributed by atoms with Gasteiger partial charge in [-0.05, 0) is 25.1 Å². The van der Waals surface area contributed by atoms with E-state index in [9.17, 15) is 4.39 Å². The van der Waals surface area contributed by atoms with E-state index >= 15 is 0 Å². The summed E-state index contributed by atoms with van der Waals surface area (Å²) in [5, 5.41) is 11.3. The summed E-state index contributed by atoms with van der Waals surface area (Å²) in [7, 11) is 1.86. The van der Waals surface area contributed by atoms with Crippen molar-refractivity contribution >= 4 is 17.3 Å². The molecule has 2 aromatic rings. The van der Waals surface area contributed by atoms with Crippen molar-refractivity contribution in [1.29, 1.82) is 0 Å². The van der Waals surface area contributed by atoms with Crippen LogP contribution in [0.2, 0.25) is 5.02 Å². The van der Waals surface area contributed by atoms with Gasteiger partial charge >= 0.3 is 0 Å². The van der Waals surface area contributed by atoms with Crippen LogP contribution in [0.15, 0.2) is 18.2 Å². The van der Waals surface area contributed by atoms with Gasteiger partial charge in [-0.25, -0.2) is 4.39 Å². The van der Waals surface area contributed by atoms with Gasteiger partial charge < -0.3 is 9.88 Å². The summed E-state index contributed by atoms with van der Waals surface area (Å²) >= 11 is 5.79. The molecule has 0 radical (unpaired) electrons. The Balaban J connectivity index is 2.12. The first-order valence-electron chi connectivity index (χ1n) is 5.11. The molecule has 0 saturated carbocycles. The van der Waals surface area contributed by atoms with Crippen LogP contribution < -0.4 is 5.32 Å². The summed E-state index contributed by atoms with van der Waals surface area (Å²) in [6.07, 6.45) is 0. The lowest BCUT2D eigenvalue weighted by molar-refractivity contribution is 0.629. The second-order valence-corrected chi connectivity index (χ2v) is 4.14. The fraction of sp³-hybridized carbons (Fsp3) is 0.273. The fourth-order valence-corrected chi connectivity index (χ4v) is 1.58. The third-order valence-corrected chi connectivity index (χ3v) is 2.78. The Bertz CT molecular complexity index is 538. The minimum Gasteiger partial charge on any atom is -0.375 e. The number of rotatable bonds is 3. The predicted molar refractivity (Wildman–Crippen MR) is 64.5 cm³/mol. The molecule has 4 nitrogen and oxygen atoms in total. The van der Waals surface area contributed by atoms with Gasteiger partial charge in [0.05, 0.1) is 12.2 Å². The number of benzene rings is 1. The molecule has 2 rings (SSSR count). The molecule has 0 unspecified atom stereocenters. The summed E-state index contributed by atoms with van der Waals surface area (Å²) in [4.78, 5) is 0. The molecular weight excluding hydrogens is 243 g/mol. The number of anilines is 1. The van der Waals surface area contributed by atoms with E-state index in [2.05, 4.69) is 15.5 Å². The molecule has 17 heavy (non-hydrogen) atoms. The molecule has 0 amide bonds. The van der Waals surface area contributed by atoms with Crippen LogP contribution in [-0.4, -0.2) is 14.8 Å². The fourth-order valence-electron chi connectivity index (χ4n) is 1.41. The van der Waals surface area contributed by atoms with Crippen molar-refractivity contribution in [2.75, 3.05) is 5.32 Å². The zero-order valence-electron chi connectivity index (χ0n) is 9.54. The van der Waals surface area contributed by atoms with E-state index in [1.807, 2.05) is 18.5 Å². The summed E-state index contributed by atoms with van der Waals surface area (Å²) in [6, 6.07) is 4.38. The molecule has 0 aliphatic rings. The third-order valence-electron chi connectivity index (χ3n) is 2.55. The van der Waals surface area contributed by atoms with E-state index in [-0.39, 0.29) is 5.82 Å². The Morgan fingerprint density at radius 2 is 2.18 bits per heavy atom. The van der Waals surface area contributed by atoms with Crippen LogP contribution in [0, 0.1) is 12.7 Å². The molecule has 0 saturated heterocycles. The van der Waals surface area contributed by atoms with Gasteiger partial charge in [0.15, 0.2) is 5.82 Å². The van der Waals surface area contributed by atoms with Gasteiger partial charge in [-0.1, -0.05) is 11.6 Å². The number of halogens is 2. The van der Waals surface area contributed by atoms with Gasteiger partial charge in [-0.3, -0.25) is 0 Å². The topological polar surface area (TPSA) is 42.7 Å². The zero-order chi connectivity index (χ0) is 12.4. The smallest absolute Gasteiger partial charge is 0.152 e. The number of hydrogen-bond donors (Lipinski definition) is 1. The monoisotopic (exact) mass is 254 g/mol. The summed E-state index contributed by atoms with van der Waals surface area (Å²) in [5.41, 5.74) is 0.359. The number of hydrogen-bond acceptors (Lipinski definition) is 3. The Kier molecular flexibility index (Phi) is 3.28. The van der Waals surface area contributed by atoms with Crippen LogP contribution >= 0.6 is 11.6 Å². The van der Waals surface area contributed by atoms with Crippen LogP contribution in [0.1, 0.15) is 11.6 Å². The molecular formula is C11H12ClFN4. The van der Waals surface area contributed by atoms with Crippen molar-refractivity contribution in [3.63, 3.8) is 0 Å². The minimum atomic E-state index is -0.340. The molecule has 0 aliphatic carbocycles. The van der Waals surface area contributed by atoms with Gasteiger partial charge in [0.1, 0.15) is 11.6 Å². The number of nitrogens with zero attached hydrogens (tertiary/aromatic N) is 3. The van der Waals surface area contributed by atoms with Crippen molar-refractivity contribution in [1.82, 2.24) is 14.8 Å². The maximum Gasteiger partial charge on any atom is 0.152 e. The lowest BCUT2D eigenvalue weighted by Crippen LogP contribution is -2.07. The molecule has 0 fully saturated rings. The summed E-state index contributed by atoms with van der Waals surface area (Å²) in [5.74, 6) is 1.21. The maximum atomic E-state index is 13.4. The second kappa shape index (κ2) is 4.71. The van der Waals surface area contributed by atoms with E-state index in [1.54, 1.807) is 6.07 Å². The summed E-state index contributed by atoms with van der Waals surface area (Å²) < 4.78 is 15.3. The Hall–Kier alpha value is -1.62. The van der Waals surface area contributed by atoms with Crippen molar-refractivity contribution in [3.8, 4) is 0 Å². The van der Waals surface area contributed by atoms with Crippen molar-refractivity contribution in [2.45, 2.75) is 13.5 Å². The predicted octanol–water partition coefficient (Wildman–Crippen LogP) is 2.53. The molecule has 1 aromatic heterocycles. The SMILES string of the molecule is Cc1nnc(CNc2cc(Cl)ccc2F)n1C. The highest BCUT2D eigenvalue weighted by molar-refractivity contribution is 6.30. The van der Waals surface area contributed by atoms with E-state index < -0.39 is 0 Å². The second-order valence-electron chi connectivity index (χ2n) is 3.70. The molecule has 1 aromatic carbocycles. The van der Waals surface area contributed by atoms with E-state index in [0.29, 0.717) is 17.3 Å². The zero-order valence-corrected chi connectivity index (χ0v) is 10.3. The first-order valence-corrected chi connectivity index (χ1v) is 5.49. The van der Waals surface area contributed by atoms with E-state index in [0.717, 1.165) is 11.6 Å². The first kappa shape index (κ1) is 11.9. The maximum absolute atomic E-state index is 13.4. The molecule has 0 aliphatic heterocycles. The van der Waals surface area contributed by atoms with Gasteiger partial charge in [-0.15, -0.1) is 10.2 Å². The molecule has 0 atom stereocenters. The number of nitrogens with one attached hydrogen (secondary N) is 1. The summed E-state index contributed by atoms with van der Waals surface area (Å²) in [6.45, 7) is 2.26. The lowest BCUT2D eigenvalue weighted by atomic mass is 10.3. The standard InChI is InChI=1S/C11H12ClFN4/c1-7-15-16-11(17(7)2)6-14-10-5-8(12)3-4-9(10)13/h3-5,14H,6H2,1-2H3. The van der Waals surface area contributed by atoms with Crippen LogP contribution in [0.25, 0.3) is 0 Å². The molecule has 1 N–H and O–H groups in total. The first-order chi connectivity index (χ1) is 8.08. The highest BCUT2D eigenvalue weighted by Gasteiger charge is 2.07. The average Bonchev–Trinajstić information content (AvgIpc) is 2.62. The Morgan fingerprint density at radius 1 is 1.41 bits per heavy atom. The van der Waals surface area contributed by atoms with Crippen molar-refractivity contribution < 1.29 is 4.39 Å². The highest BCUT2D eigenvalue weighted by Crippen LogP contribution is 2.19. The molecule has 0 bridgehead atoms. The van der Waals surface area contributed by atoms with Gasteiger partial charge in [0.2, 0.25) is 0 Å². The molecule has 0 spiro atoms. The largest absolute Gasteiger partial charge is 0.375 e. The Morgan fingerprint density at radius 3 is 2.82 bits per heavy atom. The number of aryl methyl sites for hydroxylation is 1. The van der Waals surface area contributed by atoms with Gasteiger partial charge in [0, 0.05) is 12.1 Å². The minimum absolute atomic E-state index is 0.340. The van der Waals surface area contributed by atoms with Gasteiger partial charge in [0.25, 0.3) is 0 Å². The van der Waals surface area contributed by atoms with Gasteiger partial charge in [-0.2, -0.15) is 0 Å². The third kappa shape index (κ3) is 2.55. The average molecular weight is 255 g/mol. The van der Waals surface area contributed by atoms with E-state index in [1.165, 1.54) is 12.1 Å². The Labute approximate surface area is 103 Å². The molecule has 90 valence electrons. The van der Waals surface area contributed by atoms with Crippen LogP contribution in [0.5, 0.6) is 0 Å². The number of aromatic nitrogens is 3. The van der Waals surface area contributed by atoms with Crippen LogP contribution in [-0.2, 0) is 13.6 Å². The lowest BCUT2D eigenvalue weighted by Gasteiger charge is -2.07. The van der Waals surface area contributed by atoms with Crippen molar-refractivity contribution in [3.05, 3.63) is 40.7 Å². The van der Waals surface area contributed by atoms with Crippen LogP contribution in [0.4, 0.5) is 10.1 Å². The van der Waals surface area contributed by atoms with Crippen LogP contribution in [0.3, 0.4) is 0 Å². The quantitative estimate of drug-likeness (QED) is 0.915. The van der Waals surface area contributed by atoms with E-state index in [4.69, 9.17) is 11.6 Å². The molecule has 6 heteroatoms. The normalized spacial score (nSPS) is 10.6. The van der Waals surface area contributed by atoms with Crippen molar-refractivity contribution in [2.24, 2.45) is 7.05 Å². The molecule has 1 heterocycles.